The molecule has 0 rings (SSSR count). The van der Waals surface area contributed by atoms with Crippen LogP contribution in [0.25, 0.3) is 0 Å². The molecule has 0 fully saturated rings. The van der Waals surface area contributed by atoms with Crippen molar-refractivity contribution in [1.82, 2.24) is 0 Å². The van der Waals surface area contributed by atoms with Gasteiger partial charge in [-0.15, -0.1) is 0 Å². The maximum Gasteiger partial charge on any atom is 0.276 e. The second-order valence-corrected chi connectivity index (χ2v) is 3.13. The van der Waals surface area contributed by atoms with E-state index in [1.165, 1.54) is 0 Å². The van der Waals surface area contributed by atoms with Crippen LogP contribution in [0.2, 0.25) is 0 Å². The molecule has 0 unspecified atom stereocenters. The number of carbonyl (C=O) groups excluding carboxylic acids is 1. The zero-order valence-corrected chi connectivity index (χ0v) is 7.00. The topological polar surface area (TPSA) is 69.1 Å². The lowest BCUT2D eigenvalue weighted by molar-refractivity contribution is 0.267. The van der Waals surface area contributed by atoms with Crippen LogP contribution in [0, 0.1) is 6.42 Å². The van der Waals surface area contributed by atoms with Crippen molar-refractivity contribution >= 4 is 34.2 Å². The van der Waals surface area contributed by atoms with Gasteiger partial charge >= 0.3 is 0 Å². The fourth-order valence-electron chi connectivity index (χ4n) is 0.361. The Morgan fingerprint density at radius 2 is 2.20 bits per heavy atom. The maximum absolute atomic E-state index is 10.2. The van der Waals surface area contributed by atoms with E-state index in [0.29, 0.717) is 17.2 Å². The molecular weight excluding hydrogens is 168 g/mol. The summed E-state index contributed by atoms with van der Waals surface area (Å²) in [6, 6.07) is 0. The van der Waals surface area contributed by atoms with Gasteiger partial charge in [0, 0.05) is 12.2 Å². The number of rotatable bonds is 4. The molecule has 0 aliphatic heterocycles. The van der Waals surface area contributed by atoms with Gasteiger partial charge in [0.1, 0.15) is 0 Å². The van der Waals surface area contributed by atoms with Gasteiger partial charge in [0.05, 0.1) is 4.99 Å². The van der Waals surface area contributed by atoms with E-state index < -0.39 is 0 Å². The molecule has 3 nitrogen and oxygen atoms in total. The molecule has 0 heterocycles. The minimum absolute atomic E-state index is 0.365. The van der Waals surface area contributed by atoms with Gasteiger partial charge in [-0.2, -0.15) is 0 Å². The molecule has 4 N–H and O–H groups in total. The molecule has 0 aromatic heterocycles. The summed E-state index contributed by atoms with van der Waals surface area (Å²) in [6.07, 6.45) is 2.38. The minimum atomic E-state index is -0.365. The predicted octanol–water partition coefficient (Wildman–Crippen LogP) is 0.679. The number of hydrogen-bond donors (Lipinski definition) is 2. The Hall–Kier alpha value is -0.290. The van der Waals surface area contributed by atoms with E-state index in [2.05, 4.69) is 12.2 Å². The molecule has 1 radical (unpaired) electrons. The van der Waals surface area contributed by atoms with Gasteiger partial charge in [-0.05, 0) is 6.42 Å². The SMILES string of the molecule is NC(=O)SCC[CH]C(N)=S. The first-order chi connectivity index (χ1) is 4.63. The molecule has 1 amide bonds. The molecule has 0 saturated carbocycles. The predicted molar refractivity (Wildman–Crippen MR) is 47.7 cm³/mol. The molecular formula is C5H9N2OS2. The highest BCUT2D eigenvalue weighted by molar-refractivity contribution is 8.13. The van der Waals surface area contributed by atoms with Crippen molar-refractivity contribution in [1.29, 1.82) is 0 Å². The van der Waals surface area contributed by atoms with Crippen molar-refractivity contribution in [2.24, 2.45) is 11.5 Å². The van der Waals surface area contributed by atoms with E-state index in [4.69, 9.17) is 11.5 Å². The normalized spacial score (nSPS) is 9.20. The molecule has 0 aliphatic carbocycles. The van der Waals surface area contributed by atoms with E-state index >= 15 is 0 Å². The van der Waals surface area contributed by atoms with Crippen LogP contribution in [-0.2, 0) is 0 Å². The van der Waals surface area contributed by atoms with E-state index in [0.717, 1.165) is 11.8 Å². The number of hydrogen-bond acceptors (Lipinski definition) is 3. The van der Waals surface area contributed by atoms with E-state index in [1.807, 2.05) is 0 Å². The average Bonchev–Trinajstić information content (AvgIpc) is 1.79. The van der Waals surface area contributed by atoms with Crippen molar-refractivity contribution in [2.45, 2.75) is 6.42 Å². The summed E-state index contributed by atoms with van der Waals surface area (Å²) in [6.45, 7) is 0. The quantitative estimate of drug-likeness (QED) is 0.489. The molecule has 0 atom stereocenters. The first-order valence-corrected chi connectivity index (χ1v) is 4.07. The molecule has 0 aromatic carbocycles. The zero-order valence-electron chi connectivity index (χ0n) is 5.37. The number of thiocarbonyl (C=S) groups is 1. The van der Waals surface area contributed by atoms with Crippen LogP contribution in [0.4, 0.5) is 4.79 Å². The highest BCUT2D eigenvalue weighted by Crippen LogP contribution is 2.02. The lowest BCUT2D eigenvalue weighted by Crippen LogP contribution is -2.09. The number of thioether (sulfide) groups is 1. The van der Waals surface area contributed by atoms with E-state index in [-0.39, 0.29) is 5.24 Å². The Morgan fingerprint density at radius 1 is 1.60 bits per heavy atom. The summed E-state index contributed by atoms with van der Waals surface area (Å²) >= 11 is 5.64. The Kier molecular flexibility index (Phi) is 5.33. The molecule has 10 heavy (non-hydrogen) atoms. The van der Waals surface area contributed by atoms with Crippen LogP contribution in [0.5, 0.6) is 0 Å². The van der Waals surface area contributed by atoms with Crippen LogP contribution in [0.1, 0.15) is 6.42 Å². The highest BCUT2D eigenvalue weighted by Gasteiger charge is 1.95. The Morgan fingerprint density at radius 3 is 2.60 bits per heavy atom. The summed E-state index contributed by atoms with van der Waals surface area (Å²) < 4.78 is 0. The van der Waals surface area contributed by atoms with Crippen molar-refractivity contribution in [3.63, 3.8) is 0 Å². The van der Waals surface area contributed by atoms with Crippen LogP contribution >= 0.6 is 24.0 Å². The largest absolute Gasteiger partial charge is 0.393 e. The van der Waals surface area contributed by atoms with Crippen LogP contribution < -0.4 is 11.5 Å². The van der Waals surface area contributed by atoms with Crippen molar-refractivity contribution < 1.29 is 4.79 Å². The van der Waals surface area contributed by atoms with Gasteiger partial charge in [-0.25, -0.2) is 0 Å². The van der Waals surface area contributed by atoms with Gasteiger partial charge in [-0.3, -0.25) is 4.79 Å². The number of nitrogens with two attached hydrogens (primary N) is 2. The lowest BCUT2D eigenvalue weighted by atomic mass is 10.3. The summed E-state index contributed by atoms with van der Waals surface area (Å²) in [5.74, 6) is 0.646. The Labute approximate surface area is 69.5 Å². The second kappa shape index (κ2) is 5.49. The lowest BCUT2D eigenvalue weighted by Gasteiger charge is -1.94. The Balaban J connectivity index is 3.06. The molecule has 0 aromatic rings. The van der Waals surface area contributed by atoms with E-state index in [1.54, 1.807) is 6.42 Å². The van der Waals surface area contributed by atoms with Crippen LogP contribution in [0.15, 0.2) is 0 Å². The van der Waals surface area contributed by atoms with Crippen LogP contribution in [0.3, 0.4) is 0 Å². The van der Waals surface area contributed by atoms with Crippen molar-refractivity contribution in [2.75, 3.05) is 5.75 Å². The maximum atomic E-state index is 10.2. The highest BCUT2D eigenvalue weighted by atomic mass is 32.2. The summed E-state index contributed by atoms with van der Waals surface area (Å²) in [5, 5.41) is -0.365. The smallest absolute Gasteiger partial charge is 0.276 e. The first kappa shape index (κ1) is 9.71. The zero-order chi connectivity index (χ0) is 7.98. The summed E-state index contributed by atoms with van der Waals surface area (Å²) in [5.41, 5.74) is 10.0. The standard InChI is InChI=1S/C5H9N2OS2/c6-4(9)2-1-3-10-5(7)8/h2H,1,3H2,(H2,6,9)(H2,7,8). The molecule has 5 heteroatoms. The van der Waals surface area contributed by atoms with E-state index in [9.17, 15) is 4.79 Å². The Bertz CT molecular complexity index is 122. The van der Waals surface area contributed by atoms with Crippen LogP contribution in [-0.4, -0.2) is 16.0 Å². The third kappa shape index (κ3) is 7.71. The molecule has 0 saturated heterocycles. The fraction of sp³-hybridized carbons (Fsp3) is 0.400. The third-order valence-electron chi connectivity index (χ3n) is 0.708. The number of primary amides is 1. The number of carbonyl (C=O) groups is 1. The second-order valence-electron chi connectivity index (χ2n) is 1.56. The molecule has 57 valence electrons. The fourth-order valence-corrected chi connectivity index (χ4v) is 0.915. The van der Waals surface area contributed by atoms with Gasteiger partial charge in [0.2, 0.25) is 0 Å². The molecule has 0 aliphatic rings. The van der Waals surface area contributed by atoms with Gasteiger partial charge < -0.3 is 11.5 Å². The van der Waals surface area contributed by atoms with Gasteiger partial charge in [0.15, 0.2) is 0 Å². The summed E-state index contributed by atoms with van der Waals surface area (Å²) in [7, 11) is 0. The molecule has 0 bridgehead atoms. The monoisotopic (exact) mass is 177 g/mol. The average molecular weight is 177 g/mol. The van der Waals surface area contributed by atoms with Crippen molar-refractivity contribution in [3.05, 3.63) is 6.42 Å². The molecule has 0 spiro atoms. The summed E-state index contributed by atoms with van der Waals surface area (Å²) in [4.78, 5) is 10.5. The number of amides is 1. The first-order valence-electron chi connectivity index (χ1n) is 2.68. The third-order valence-corrected chi connectivity index (χ3v) is 1.60. The van der Waals surface area contributed by atoms with Gasteiger partial charge in [-0.1, -0.05) is 24.0 Å². The minimum Gasteiger partial charge on any atom is -0.393 e. The van der Waals surface area contributed by atoms with Gasteiger partial charge in [0.25, 0.3) is 5.24 Å². The van der Waals surface area contributed by atoms with Crippen molar-refractivity contribution in [3.8, 4) is 0 Å².